The van der Waals surface area contributed by atoms with E-state index in [1.807, 2.05) is 42.7 Å². The number of aromatic nitrogens is 6. The van der Waals surface area contributed by atoms with Crippen molar-refractivity contribution < 1.29 is 4.79 Å². The summed E-state index contributed by atoms with van der Waals surface area (Å²) in [6, 6.07) is 12.3. The Kier molecular flexibility index (Phi) is 4.63. The SMILES string of the molecule is O=C1NC2CCC(CC2)NCc2cncc(c2)-c2ccc3[nH]nc(c3n2)-c2nc3c1cccc3[nH]2. The van der Waals surface area contributed by atoms with Crippen molar-refractivity contribution in [1.29, 1.82) is 0 Å². The smallest absolute Gasteiger partial charge is 0.253 e. The molecule has 6 heterocycles. The molecule has 0 saturated heterocycles. The minimum Gasteiger partial charge on any atom is -0.349 e. The van der Waals surface area contributed by atoms with Crippen molar-refractivity contribution in [3.8, 4) is 22.8 Å². The van der Waals surface area contributed by atoms with Gasteiger partial charge in [0.2, 0.25) is 0 Å². The molecule has 9 nitrogen and oxygen atoms in total. The number of hydrogen-bond donors (Lipinski definition) is 4. The van der Waals surface area contributed by atoms with E-state index in [1.165, 1.54) is 0 Å². The highest BCUT2D eigenvalue weighted by molar-refractivity contribution is 6.06. The van der Waals surface area contributed by atoms with Gasteiger partial charge in [0.1, 0.15) is 11.0 Å². The molecule has 1 aliphatic carbocycles. The van der Waals surface area contributed by atoms with Crippen molar-refractivity contribution in [2.24, 2.45) is 0 Å². The summed E-state index contributed by atoms with van der Waals surface area (Å²) in [5.74, 6) is 0.489. The van der Waals surface area contributed by atoms with Gasteiger partial charge in [0.05, 0.1) is 22.3 Å². The zero-order valence-corrected chi connectivity index (χ0v) is 19.0. The number of imidazole rings is 1. The molecule has 8 bridgehead atoms. The van der Waals surface area contributed by atoms with Gasteiger partial charge in [-0.3, -0.25) is 14.9 Å². The second-order valence-corrected chi connectivity index (χ2v) is 9.44. The molecular weight excluding hydrogens is 440 g/mol. The molecule has 1 aromatic carbocycles. The first kappa shape index (κ1) is 20.3. The maximum Gasteiger partial charge on any atom is 0.253 e. The molecule has 0 spiro atoms. The first-order valence-corrected chi connectivity index (χ1v) is 12.0. The number of carbonyl (C=O) groups excluding carboxylic acids is 1. The van der Waals surface area contributed by atoms with Gasteiger partial charge in [-0.05, 0) is 61.6 Å². The zero-order valence-electron chi connectivity index (χ0n) is 19.0. The molecule has 0 atom stereocenters. The summed E-state index contributed by atoms with van der Waals surface area (Å²) < 4.78 is 0. The quantitative estimate of drug-likeness (QED) is 0.277. The number of aromatic amines is 2. The molecular formula is C26H24N8O. The van der Waals surface area contributed by atoms with Crippen molar-refractivity contribution in [2.45, 2.75) is 44.3 Å². The lowest BCUT2D eigenvalue weighted by atomic mass is 9.90. The highest BCUT2D eigenvalue weighted by atomic mass is 16.1. The van der Waals surface area contributed by atoms with Crippen LogP contribution in [0, 0.1) is 0 Å². The largest absolute Gasteiger partial charge is 0.349 e. The molecule has 9 heteroatoms. The average molecular weight is 465 g/mol. The molecule has 4 aromatic heterocycles. The van der Waals surface area contributed by atoms with E-state index in [0.717, 1.165) is 60.1 Å². The van der Waals surface area contributed by atoms with Crippen LogP contribution in [0.1, 0.15) is 41.6 Å². The summed E-state index contributed by atoms with van der Waals surface area (Å²) in [4.78, 5) is 30.7. The molecule has 8 rings (SSSR count). The molecule has 3 aliphatic rings. The van der Waals surface area contributed by atoms with Crippen molar-refractivity contribution in [1.82, 2.24) is 40.8 Å². The van der Waals surface area contributed by atoms with Crippen molar-refractivity contribution in [3.63, 3.8) is 0 Å². The molecule has 1 saturated carbocycles. The van der Waals surface area contributed by atoms with Crippen LogP contribution in [0.2, 0.25) is 0 Å². The van der Waals surface area contributed by atoms with E-state index in [2.05, 4.69) is 36.9 Å². The Hall–Kier alpha value is -4.11. The number of nitrogens with zero attached hydrogens (tertiary/aromatic N) is 4. The minimum atomic E-state index is -0.0858. The number of nitrogens with one attached hydrogen (secondary N) is 4. The van der Waals surface area contributed by atoms with Gasteiger partial charge in [0.25, 0.3) is 5.91 Å². The van der Waals surface area contributed by atoms with Gasteiger partial charge in [-0.15, -0.1) is 0 Å². The van der Waals surface area contributed by atoms with Crippen molar-refractivity contribution in [2.75, 3.05) is 0 Å². The first-order chi connectivity index (χ1) is 17.2. The molecule has 1 fully saturated rings. The van der Waals surface area contributed by atoms with E-state index in [0.29, 0.717) is 34.2 Å². The lowest BCUT2D eigenvalue weighted by Crippen LogP contribution is -2.42. The van der Waals surface area contributed by atoms with Gasteiger partial charge in [0, 0.05) is 36.6 Å². The fourth-order valence-corrected chi connectivity index (χ4v) is 5.24. The third-order valence-corrected chi connectivity index (χ3v) is 7.14. The molecule has 0 radical (unpaired) electrons. The van der Waals surface area contributed by atoms with Gasteiger partial charge in [-0.2, -0.15) is 5.10 Å². The van der Waals surface area contributed by atoms with Crippen LogP contribution in [0.5, 0.6) is 0 Å². The van der Waals surface area contributed by atoms with Crippen LogP contribution in [0.3, 0.4) is 0 Å². The zero-order chi connectivity index (χ0) is 23.4. The first-order valence-electron chi connectivity index (χ1n) is 12.0. The van der Waals surface area contributed by atoms with Crippen LogP contribution >= 0.6 is 0 Å². The summed E-state index contributed by atoms with van der Waals surface area (Å²) in [5, 5.41) is 14.5. The van der Waals surface area contributed by atoms with Crippen LogP contribution in [-0.4, -0.2) is 48.1 Å². The lowest BCUT2D eigenvalue weighted by molar-refractivity contribution is 0.0925. The van der Waals surface area contributed by atoms with Crippen LogP contribution in [-0.2, 0) is 6.54 Å². The van der Waals surface area contributed by atoms with Crippen molar-refractivity contribution in [3.05, 3.63) is 59.9 Å². The highest BCUT2D eigenvalue weighted by Crippen LogP contribution is 2.29. The average Bonchev–Trinajstić information content (AvgIpc) is 3.51. The Labute approximate surface area is 200 Å². The number of fused-ring (bicyclic) bond motifs is 4. The number of carbonyl (C=O) groups is 1. The van der Waals surface area contributed by atoms with E-state index >= 15 is 0 Å². The highest BCUT2D eigenvalue weighted by Gasteiger charge is 2.24. The molecule has 35 heavy (non-hydrogen) atoms. The third-order valence-electron chi connectivity index (χ3n) is 7.14. The lowest BCUT2D eigenvalue weighted by Gasteiger charge is -2.30. The normalized spacial score (nSPS) is 20.2. The monoisotopic (exact) mass is 464 g/mol. The molecule has 0 unspecified atom stereocenters. The topological polar surface area (TPSA) is 124 Å². The van der Waals surface area contributed by atoms with Crippen LogP contribution in [0.15, 0.2) is 48.8 Å². The second kappa shape index (κ2) is 7.99. The third kappa shape index (κ3) is 3.55. The fraction of sp³-hybridized carbons (Fsp3) is 0.269. The number of benzene rings is 1. The van der Waals surface area contributed by atoms with Gasteiger partial charge in [-0.25, -0.2) is 9.97 Å². The van der Waals surface area contributed by atoms with E-state index in [4.69, 9.17) is 9.97 Å². The van der Waals surface area contributed by atoms with E-state index in [-0.39, 0.29) is 11.9 Å². The summed E-state index contributed by atoms with van der Waals surface area (Å²) >= 11 is 0. The molecule has 2 aliphatic heterocycles. The molecule has 5 aromatic rings. The van der Waals surface area contributed by atoms with Gasteiger partial charge in [0.15, 0.2) is 11.5 Å². The number of para-hydroxylation sites is 1. The number of amides is 1. The summed E-state index contributed by atoms with van der Waals surface area (Å²) in [7, 11) is 0. The number of rotatable bonds is 0. The predicted octanol–water partition coefficient (Wildman–Crippen LogP) is 3.71. The molecule has 174 valence electrons. The second-order valence-electron chi connectivity index (χ2n) is 9.44. The van der Waals surface area contributed by atoms with Gasteiger partial charge < -0.3 is 15.6 Å². The summed E-state index contributed by atoms with van der Waals surface area (Å²) in [6.07, 6.45) is 7.69. The van der Waals surface area contributed by atoms with E-state index in [9.17, 15) is 4.79 Å². The van der Waals surface area contributed by atoms with Gasteiger partial charge >= 0.3 is 0 Å². The maximum atomic E-state index is 13.2. The van der Waals surface area contributed by atoms with Crippen LogP contribution < -0.4 is 10.6 Å². The predicted molar refractivity (Wildman–Crippen MR) is 133 cm³/mol. The fourth-order valence-electron chi connectivity index (χ4n) is 5.24. The Morgan fingerprint density at radius 2 is 1.77 bits per heavy atom. The Bertz CT molecular complexity index is 1580. The van der Waals surface area contributed by atoms with E-state index in [1.54, 1.807) is 0 Å². The Balaban J connectivity index is 1.40. The Morgan fingerprint density at radius 3 is 2.69 bits per heavy atom. The number of H-pyrrole nitrogens is 2. The molecule has 4 N–H and O–H groups in total. The van der Waals surface area contributed by atoms with Crippen LogP contribution in [0.4, 0.5) is 0 Å². The summed E-state index contributed by atoms with van der Waals surface area (Å²) in [5.41, 5.74) is 7.05. The number of hydrogen-bond acceptors (Lipinski definition) is 6. The minimum absolute atomic E-state index is 0.0858. The van der Waals surface area contributed by atoms with Crippen molar-refractivity contribution >= 4 is 28.0 Å². The van der Waals surface area contributed by atoms with Gasteiger partial charge in [-0.1, -0.05) is 6.07 Å². The number of pyridine rings is 2. The maximum absolute atomic E-state index is 13.2. The van der Waals surface area contributed by atoms with Crippen LogP contribution in [0.25, 0.3) is 44.8 Å². The summed E-state index contributed by atoms with van der Waals surface area (Å²) in [6.45, 7) is 0.749. The van der Waals surface area contributed by atoms with E-state index < -0.39 is 0 Å². The standard InChI is InChI=1S/C26H24N8O/c35-26-18-2-1-3-20-22(18)32-25(31-20)24-23-21(33-34-24)9-8-19(30-23)15-10-14(11-27-13-15)12-28-16-4-6-17(29-26)7-5-16/h1-3,8-11,13,16-17,28H,4-7,12H2,(H,29,35)(H,31,32)(H,33,34). The molecule has 1 amide bonds. The Morgan fingerprint density at radius 1 is 0.886 bits per heavy atom.